The van der Waals surface area contributed by atoms with Gasteiger partial charge in [-0.2, -0.15) is 0 Å². The number of aromatic nitrogens is 1. The molecule has 1 heterocycles. The minimum Gasteiger partial charge on any atom is -0.493 e. The van der Waals surface area contributed by atoms with Crippen molar-refractivity contribution in [1.29, 1.82) is 0 Å². The number of nitrogens with one attached hydrogen (secondary N) is 2. The van der Waals surface area contributed by atoms with Crippen LogP contribution >= 0.6 is 0 Å². The van der Waals surface area contributed by atoms with Gasteiger partial charge in [0, 0.05) is 42.9 Å². The van der Waals surface area contributed by atoms with Gasteiger partial charge in [0.25, 0.3) is 11.6 Å². The van der Waals surface area contributed by atoms with Crippen LogP contribution in [-0.4, -0.2) is 40.9 Å². The van der Waals surface area contributed by atoms with Crippen LogP contribution in [0.25, 0.3) is 17.0 Å². The number of non-ortho nitro benzene ring substituents is 1. The second-order valence-electron chi connectivity index (χ2n) is 8.18. The molecular weight excluding hydrogens is 476 g/mol. The van der Waals surface area contributed by atoms with Crippen molar-refractivity contribution in [1.82, 2.24) is 10.3 Å². The van der Waals surface area contributed by atoms with Crippen molar-refractivity contribution >= 4 is 45.9 Å². The second kappa shape index (κ2) is 10.5. The first-order valence-corrected chi connectivity index (χ1v) is 11.0. The number of carbonyl (C=O) groups excluding carboxylic acids is 2. The van der Waals surface area contributed by atoms with Gasteiger partial charge in [0.15, 0.2) is 5.69 Å². The van der Waals surface area contributed by atoms with Crippen molar-refractivity contribution in [2.24, 2.45) is 10.2 Å². The van der Waals surface area contributed by atoms with Crippen molar-refractivity contribution in [3.8, 4) is 5.88 Å². The average Bonchev–Trinajstić information content (AvgIpc) is 3.21. The van der Waals surface area contributed by atoms with E-state index < -0.39 is 22.6 Å². The number of nitro groups is 1. The van der Waals surface area contributed by atoms with E-state index in [1.54, 1.807) is 42.5 Å². The van der Waals surface area contributed by atoms with Gasteiger partial charge < -0.3 is 20.3 Å². The number of nitrogens with zero attached hydrogens (tertiary/aromatic N) is 4. The number of H-pyrrole nitrogens is 1. The molecule has 0 unspecified atom stereocenters. The molecule has 1 aromatic heterocycles. The zero-order valence-electron chi connectivity index (χ0n) is 19.9. The van der Waals surface area contributed by atoms with Crippen molar-refractivity contribution in [2.75, 3.05) is 19.0 Å². The summed E-state index contributed by atoms with van der Waals surface area (Å²) >= 11 is 0. The fourth-order valence-corrected chi connectivity index (χ4v) is 3.49. The molecule has 186 valence electrons. The molecule has 0 atom stereocenters. The Balaban J connectivity index is 1.68. The first-order chi connectivity index (χ1) is 17.7. The number of azo groups is 1. The molecule has 37 heavy (non-hydrogen) atoms. The van der Waals surface area contributed by atoms with E-state index in [-0.39, 0.29) is 22.5 Å². The normalized spacial score (nSPS) is 11.6. The summed E-state index contributed by atoms with van der Waals surface area (Å²) < 4.78 is 0. The maximum atomic E-state index is 13.1. The van der Waals surface area contributed by atoms with Gasteiger partial charge in [-0.25, -0.2) is 0 Å². The standard InChI is InChI=1S/C26H22N6O5/c1-31(2)18-10-8-16(9-11-18)14-22(28-24(33)17-6-4-3-5-7-17)25(34)30-29-23-20-15-19(32(36)37)12-13-21(20)27-26(23)35/h3-15,27,35H,1-2H3,(H,28,33). The number of hydrogen-bond donors (Lipinski definition) is 3. The Bertz CT molecular complexity index is 1540. The molecule has 0 aliphatic rings. The first-order valence-electron chi connectivity index (χ1n) is 11.0. The number of rotatable bonds is 7. The molecule has 0 bridgehead atoms. The average molecular weight is 498 g/mol. The van der Waals surface area contributed by atoms with Crippen LogP contribution in [0.4, 0.5) is 17.1 Å². The van der Waals surface area contributed by atoms with E-state index in [0.717, 1.165) is 5.69 Å². The quantitative estimate of drug-likeness (QED) is 0.142. The monoisotopic (exact) mass is 498 g/mol. The first kappa shape index (κ1) is 24.8. The molecule has 0 saturated heterocycles. The van der Waals surface area contributed by atoms with Crippen molar-refractivity contribution in [3.05, 3.63) is 99.7 Å². The van der Waals surface area contributed by atoms with Gasteiger partial charge in [-0.15, -0.1) is 10.2 Å². The minimum atomic E-state index is -0.889. The number of benzene rings is 3. The summed E-state index contributed by atoms with van der Waals surface area (Å²) in [5.74, 6) is -1.82. The summed E-state index contributed by atoms with van der Waals surface area (Å²) in [5, 5.41) is 31.7. The molecule has 0 fully saturated rings. The Hall–Kier alpha value is -5.32. The Morgan fingerprint density at radius 2 is 1.76 bits per heavy atom. The molecule has 0 aliphatic carbocycles. The topological polar surface area (TPSA) is 153 Å². The second-order valence-corrected chi connectivity index (χ2v) is 8.18. The Labute approximate surface area is 210 Å². The number of aromatic hydroxyl groups is 1. The molecule has 0 aliphatic heterocycles. The van der Waals surface area contributed by atoms with E-state index in [1.165, 1.54) is 24.3 Å². The van der Waals surface area contributed by atoms with Gasteiger partial charge >= 0.3 is 5.91 Å². The lowest BCUT2D eigenvalue weighted by Gasteiger charge is -2.12. The highest BCUT2D eigenvalue weighted by Gasteiger charge is 2.18. The number of nitro benzene ring substituents is 1. The van der Waals surface area contributed by atoms with E-state index in [9.17, 15) is 24.8 Å². The summed E-state index contributed by atoms with van der Waals surface area (Å²) in [5.41, 5.74) is 1.77. The lowest BCUT2D eigenvalue weighted by Crippen LogP contribution is -2.26. The highest BCUT2D eigenvalue weighted by molar-refractivity contribution is 6.05. The van der Waals surface area contributed by atoms with E-state index in [0.29, 0.717) is 16.6 Å². The molecular formula is C26H22N6O5. The summed E-state index contributed by atoms with van der Waals surface area (Å²) in [6.07, 6.45) is 1.46. The smallest absolute Gasteiger partial charge is 0.311 e. The third-order valence-corrected chi connectivity index (χ3v) is 5.42. The Kier molecular flexibility index (Phi) is 7.05. The minimum absolute atomic E-state index is 0.142. The van der Waals surface area contributed by atoms with E-state index in [2.05, 4.69) is 20.5 Å². The summed E-state index contributed by atoms with van der Waals surface area (Å²) in [6.45, 7) is 0. The van der Waals surface area contributed by atoms with Gasteiger partial charge in [-0.1, -0.05) is 30.3 Å². The molecule has 2 amide bonds. The number of anilines is 1. The van der Waals surface area contributed by atoms with Crippen LogP contribution in [0.3, 0.4) is 0 Å². The lowest BCUT2D eigenvalue weighted by atomic mass is 10.1. The molecule has 11 nitrogen and oxygen atoms in total. The van der Waals surface area contributed by atoms with E-state index in [1.807, 2.05) is 31.1 Å². The van der Waals surface area contributed by atoms with Crippen molar-refractivity contribution in [3.63, 3.8) is 0 Å². The fourth-order valence-electron chi connectivity index (χ4n) is 3.49. The summed E-state index contributed by atoms with van der Waals surface area (Å²) in [7, 11) is 3.80. The third-order valence-electron chi connectivity index (χ3n) is 5.42. The zero-order chi connectivity index (χ0) is 26.5. The van der Waals surface area contributed by atoms with Gasteiger partial charge in [-0.3, -0.25) is 19.7 Å². The van der Waals surface area contributed by atoms with Crippen LogP contribution in [0.2, 0.25) is 0 Å². The maximum Gasteiger partial charge on any atom is 0.311 e. The predicted octanol–water partition coefficient (Wildman–Crippen LogP) is 4.93. The van der Waals surface area contributed by atoms with E-state index in [4.69, 9.17) is 0 Å². The highest BCUT2D eigenvalue weighted by atomic mass is 16.6. The number of amides is 2. The third kappa shape index (κ3) is 5.68. The largest absolute Gasteiger partial charge is 0.493 e. The zero-order valence-corrected chi connectivity index (χ0v) is 19.9. The molecule has 4 aromatic rings. The summed E-state index contributed by atoms with van der Waals surface area (Å²) in [6, 6.07) is 19.5. The molecule has 4 rings (SSSR count). The van der Waals surface area contributed by atoms with Crippen molar-refractivity contribution < 1.29 is 19.6 Å². The van der Waals surface area contributed by atoms with Gasteiger partial charge in [0.2, 0.25) is 5.88 Å². The molecule has 0 saturated carbocycles. The van der Waals surface area contributed by atoms with Gasteiger partial charge in [0.1, 0.15) is 5.70 Å². The molecule has 0 radical (unpaired) electrons. The van der Waals surface area contributed by atoms with Gasteiger partial charge in [-0.05, 0) is 42.0 Å². The van der Waals surface area contributed by atoms with Crippen molar-refractivity contribution in [2.45, 2.75) is 0 Å². The molecule has 3 aromatic carbocycles. The predicted molar refractivity (Wildman–Crippen MR) is 139 cm³/mol. The fraction of sp³-hybridized carbons (Fsp3) is 0.0769. The molecule has 11 heteroatoms. The van der Waals surface area contributed by atoms with Crippen LogP contribution in [0.15, 0.2) is 88.7 Å². The molecule has 3 N–H and O–H groups in total. The van der Waals surface area contributed by atoms with Gasteiger partial charge in [0.05, 0.1) is 10.4 Å². The number of fused-ring (bicyclic) bond motifs is 1. The molecule has 0 spiro atoms. The maximum absolute atomic E-state index is 13.1. The SMILES string of the molecule is CN(C)c1ccc(C=C(NC(=O)c2ccccc2)C(=O)N=Nc2c(O)[nH]c3ccc([N+](=O)[O-])cc23)cc1. The highest BCUT2D eigenvalue weighted by Crippen LogP contribution is 2.37. The summed E-state index contributed by atoms with van der Waals surface area (Å²) in [4.78, 5) is 40.9. The van der Waals surface area contributed by atoms with Crippen LogP contribution in [0, 0.1) is 10.1 Å². The van der Waals surface area contributed by atoms with Crippen LogP contribution in [0.1, 0.15) is 15.9 Å². The Morgan fingerprint density at radius 3 is 2.41 bits per heavy atom. The lowest BCUT2D eigenvalue weighted by molar-refractivity contribution is -0.384. The van der Waals surface area contributed by atoms with E-state index >= 15 is 0 Å². The van der Waals surface area contributed by atoms with Crippen LogP contribution in [-0.2, 0) is 4.79 Å². The van der Waals surface area contributed by atoms with Crippen LogP contribution < -0.4 is 10.2 Å². The Morgan fingerprint density at radius 1 is 1.05 bits per heavy atom. The van der Waals surface area contributed by atoms with Crippen LogP contribution in [0.5, 0.6) is 5.88 Å². The number of hydrogen-bond acceptors (Lipinski definition) is 7. The number of carbonyl (C=O) groups is 2. The number of aromatic amines is 1.